The summed E-state index contributed by atoms with van der Waals surface area (Å²) >= 11 is 0. The molecule has 0 atom stereocenters. The maximum atomic E-state index is 11.3. The van der Waals surface area contributed by atoms with E-state index in [1.807, 2.05) is 31.7 Å². The molecule has 0 saturated carbocycles. The first kappa shape index (κ1) is 10.5. The monoisotopic (exact) mass is 193 g/mol. The number of nitrogens with one attached hydrogen (secondary N) is 1. The van der Waals surface area contributed by atoms with Crippen molar-refractivity contribution in [3.8, 4) is 0 Å². The van der Waals surface area contributed by atoms with E-state index in [-0.39, 0.29) is 5.56 Å². The van der Waals surface area contributed by atoms with Crippen LogP contribution >= 0.6 is 0 Å². The minimum atomic E-state index is -0.0712. The third-order valence-corrected chi connectivity index (χ3v) is 1.85. The molecule has 0 spiro atoms. The number of fused-ring (bicyclic) bond motifs is 1. The van der Waals surface area contributed by atoms with Crippen LogP contribution in [-0.4, -0.2) is 14.5 Å². The minimum absolute atomic E-state index is 0.0712. The van der Waals surface area contributed by atoms with E-state index in [9.17, 15) is 4.79 Å². The number of aromatic nitrogens is 3. The van der Waals surface area contributed by atoms with Gasteiger partial charge in [0.1, 0.15) is 11.5 Å². The number of H-pyrrole nitrogens is 1. The fourth-order valence-electron chi connectivity index (χ4n) is 1.26. The third-order valence-electron chi connectivity index (χ3n) is 1.85. The van der Waals surface area contributed by atoms with Gasteiger partial charge in [-0.3, -0.25) is 4.79 Å². The molecule has 0 unspecified atom stereocenters. The van der Waals surface area contributed by atoms with Crippen molar-refractivity contribution in [1.82, 2.24) is 14.5 Å². The van der Waals surface area contributed by atoms with Gasteiger partial charge in [-0.05, 0) is 13.0 Å². The lowest BCUT2D eigenvalue weighted by Crippen LogP contribution is -2.09. The second-order valence-corrected chi connectivity index (χ2v) is 2.82. The predicted molar refractivity (Wildman–Crippen MR) is 57.4 cm³/mol. The standard InChI is InChI=1S/C8H9N3O.C2H6/c1-5-9-7-6(8(12)10-5)3-4-11(7)2;1-2/h3-4H,1-2H3,(H,9,10,12);1-2H3. The van der Waals surface area contributed by atoms with Crippen LogP contribution in [-0.2, 0) is 7.05 Å². The fourth-order valence-corrected chi connectivity index (χ4v) is 1.26. The van der Waals surface area contributed by atoms with Crippen LogP contribution < -0.4 is 5.56 Å². The quantitative estimate of drug-likeness (QED) is 0.690. The van der Waals surface area contributed by atoms with Gasteiger partial charge < -0.3 is 9.55 Å². The first-order chi connectivity index (χ1) is 6.68. The summed E-state index contributed by atoms with van der Waals surface area (Å²) < 4.78 is 1.83. The Morgan fingerprint density at radius 1 is 1.43 bits per heavy atom. The summed E-state index contributed by atoms with van der Waals surface area (Å²) in [5.74, 6) is 0.648. The molecule has 2 aromatic rings. The largest absolute Gasteiger partial charge is 0.335 e. The Morgan fingerprint density at radius 2 is 2.07 bits per heavy atom. The molecule has 0 amide bonds. The van der Waals surface area contributed by atoms with E-state index in [0.717, 1.165) is 5.65 Å². The molecular formula is C10H15N3O. The fraction of sp³-hybridized carbons (Fsp3) is 0.400. The molecule has 2 heterocycles. The first-order valence-electron chi connectivity index (χ1n) is 4.70. The first-order valence-corrected chi connectivity index (χ1v) is 4.70. The molecule has 14 heavy (non-hydrogen) atoms. The van der Waals surface area contributed by atoms with Gasteiger partial charge in [0.25, 0.3) is 5.56 Å². The third kappa shape index (κ3) is 1.69. The van der Waals surface area contributed by atoms with Crippen molar-refractivity contribution in [2.75, 3.05) is 0 Å². The van der Waals surface area contributed by atoms with Crippen LogP contribution in [0.3, 0.4) is 0 Å². The zero-order valence-electron chi connectivity index (χ0n) is 8.96. The Kier molecular flexibility index (Phi) is 3.06. The highest BCUT2D eigenvalue weighted by Gasteiger charge is 2.03. The van der Waals surface area contributed by atoms with Gasteiger partial charge in [-0.25, -0.2) is 4.98 Å². The topological polar surface area (TPSA) is 50.7 Å². The van der Waals surface area contributed by atoms with Crippen LogP contribution in [0.5, 0.6) is 0 Å². The number of hydrogen-bond acceptors (Lipinski definition) is 2. The minimum Gasteiger partial charge on any atom is -0.335 e. The summed E-state index contributed by atoms with van der Waals surface area (Å²) in [6, 6.07) is 1.76. The molecule has 0 aromatic carbocycles. The van der Waals surface area contributed by atoms with Crippen molar-refractivity contribution in [3.63, 3.8) is 0 Å². The zero-order chi connectivity index (χ0) is 10.7. The van der Waals surface area contributed by atoms with E-state index >= 15 is 0 Å². The van der Waals surface area contributed by atoms with E-state index in [1.54, 1.807) is 13.0 Å². The van der Waals surface area contributed by atoms with Gasteiger partial charge in [0.15, 0.2) is 0 Å². The Labute approximate surface area is 82.6 Å². The SMILES string of the molecule is CC.Cc1nc2c(ccn2C)c(=O)[nH]1. The summed E-state index contributed by atoms with van der Waals surface area (Å²) in [7, 11) is 1.87. The molecule has 0 aliphatic heterocycles. The lowest BCUT2D eigenvalue weighted by atomic mass is 10.4. The number of hydrogen-bond donors (Lipinski definition) is 1. The van der Waals surface area contributed by atoms with Gasteiger partial charge in [0.05, 0.1) is 5.39 Å². The van der Waals surface area contributed by atoms with Crippen LogP contribution in [0.2, 0.25) is 0 Å². The van der Waals surface area contributed by atoms with E-state index in [4.69, 9.17) is 0 Å². The predicted octanol–water partition coefficient (Wildman–Crippen LogP) is 1.60. The molecule has 2 rings (SSSR count). The lowest BCUT2D eigenvalue weighted by molar-refractivity contribution is 0.928. The molecule has 0 fully saturated rings. The highest BCUT2D eigenvalue weighted by atomic mass is 16.1. The summed E-state index contributed by atoms with van der Waals surface area (Å²) in [6.45, 7) is 5.77. The van der Waals surface area contributed by atoms with Crippen LogP contribution in [0.4, 0.5) is 0 Å². The number of aromatic amines is 1. The van der Waals surface area contributed by atoms with Gasteiger partial charge in [-0.2, -0.15) is 0 Å². The molecule has 0 saturated heterocycles. The molecule has 0 aliphatic rings. The van der Waals surface area contributed by atoms with Crippen LogP contribution in [0.1, 0.15) is 19.7 Å². The lowest BCUT2D eigenvalue weighted by Gasteiger charge is -1.95. The van der Waals surface area contributed by atoms with Gasteiger partial charge >= 0.3 is 0 Å². The highest BCUT2D eigenvalue weighted by molar-refractivity contribution is 5.74. The van der Waals surface area contributed by atoms with Crippen molar-refractivity contribution in [2.24, 2.45) is 7.05 Å². The molecule has 76 valence electrons. The van der Waals surface area contributed by atoms with Crippen molar-refractivity contribution in [3.05, 3.63) is 28.4 Å². The second-order valence-electron chi connectivity index (χ2n) is 2.82. The highest BCUT2D eigenvalue weighted by Crippen LogP contribution is 2.05. The molecule has 2 aromatic heterocycles. The van der Waals surface area contributed by atoms with Crippen molar-refractivity contribution in [2.45, 2.75) is 20.8 Å². The normalized spacial score (nSPS) is 9.71. The average Bonchev–Trinajstić information content (AvgIpc) is 2.52. The molecule has 0 radical (unpaired) electrons. The zero-order valence-corrected chi connectivity index (χ0v) is 8.96. The van der Waals surface area contributed by atoms with Crippen molar-refractivity contribution < 1.29 is 0 Å². The van der Waals surface area contributed by atoms with Gasteiger partial charge in [0, 0.05) is 13.2 Å². The Morgan fingerprint density at radius 3 is 2.71 bits per heavy atom. The van der Waals surface area contributed by atoms with Gasteiger partial charge in [-0.1, -0.05) is 13.8 Å². The van der Waals surface area contributed by atoms with Crippen LogP contribution in [0, 0.1) is 6.92 Å². The van der Waals surface area contributed by atoms with Crippen LogP contribution in [0.15, 0.2) is 17.1 Å². The second kappa shape index (κ2) is 4.09. The Balaban J connectivity index is 0.000000461. The summed E-state index contributed by atoms with van der Waals surface area (Å²) in [5, 5.41) is 0.642. The Bertz CT molecular complexity index is 482. The maximum absolute atomic E-state index is 11.3. The summed E-state index contributed by atoms with van der Waals surface area (Å²) in [6.07, 6.45) is 1.83. The molecule has 0 bridgehead atoms. The van der Waals surface area contributed by atoms with Gasteiger partial charge in [0.2, 0.25) is 0 Å². The number of nitrogens with zero attached hydrogens (tertiary/aromatic N) is 2. The summed E-state index contributed by atoms with van der Waals surface area (Å²) in [5.41, 5.74) is 0.661. The van der Waals surface area contributed by atoms with Crippen LogP contribution in [0.25, 0.3) is 11.0 Å². The molecular weight excluding hydrogens is 178 g/mol. The van der Waals surface area contributed by atoms with Crippen molar-refractivity contribution >= 4 is 11.0 Å². The maximum Gasteiger partial charge on any atom is 0.260 e. The van der Waals surface area contributed by atoms with E-state index in [1.165, 1.54) is 0 Å². The Hall–Kier alpha value is -1.58. The van der Waals surface area contributed by atoms with E-state index in [0.29, 0.717) is 11.2 Å². The molecule has 4 nitrogen and oxygen atoms in total. The average molecular weight is 193 g/mol. The van der Waals surface area contributed by atoms with E-state index < -0.39 is 0 Å². The number of aryl methyl sites for hydroxylation is 2. The van der Waals surface area contributed by atoms with Crippen molar-refractivity contribution in [1.29, 1.82) is 0 Å². The van der Waals surface area contributed by atoms with Gasteiger partial charge in [-0.15, -0.1) is 0 Å². The molecule has 0 aliphatic carbocycles. The van der Waals surface area contributed by atoms with E-state index in [2.05, 4.69) is 9.97 Å². The molecule has 4 heteroatoms. The smallest absolute Gasteiger partial charge is 0.260 e. The number of rotatable bonds is 0. The molecule has 1 N–H and O–H groups in total. The summed E-state index contributed by atoms with van der Waals surface area (Å²) in [4.78, 5) is 18.2.